The Morgan fingerprint density at radius 3 is 2.61 bits per heavy atom. The molecule has 0 aromatic rings. The first-order chi connectivity index (χ1) is 8.72. The number of aliphatic carboxylic acids is 1. The van der Waals surface area contributed by atoms with Gasteiger partial charge in [0, 0.05) is 19.1 Å². The summed E-state index contributed by atoms with van der Waals surface area (Å²) in [6, 6.07) is 0.583. The second-order valence-corrected chi connectivity index (χ2v) is 5.82. The van der Waals surface area contributed by atoms with E-state index < -0.39 is 12.1 Å². The third-order valence-electron chi connectivity index (χ3n) is 4.65. The van der Waals surface area contributed by atoms with Gasteiger partial charge in [-0.3, -0.25) is 0 Å². The van der Waals surface area contributed by atoms with Gasteiger partial charge in [0.2, 0.25) is 0 Å². The SMILES string of the molecule is O=C(O)C1CCC(CNC2CN3CCC2CC3)O1. The highest BCUT2D eigenvalue weighted by Gasteiger charge is 2.35. The van der Waals surface area contributed by atoms with Crippen LogP contribution in [0.4, 0.5) is 0 Å². The van der Waals surface area contributed by atoms with E-state index in [0.717, 1.165) is 25.4 Å². The molecular formula is C13H22N2O3. The third-order valence-corrected chi connectivity index (χ3v) is 4.65. The second-order valence-electron chi connectivity index (χ2n) is 5.82. The minimum Gasteiger partial charge on any atom is -0.479 e. The fourth-order valence-corrected chi connectivity index (χ4v) is 3.52. The van der Waals surface area contributed by atoms with Crippen LogP contribution in [0.3, 0.4) is 0 Å². The van der Waals surface area contributed by atoms with E-state index in [9.17, 15) is 4.79 Å². The molecule has 0 amide bonds. The van der Waals surface area contributed by atoms with E-state index in [1.807, 2.05) is 0 Å². The molecule has 2 bridgehead atoms. The number of carboxylic acid groups (broad SMARTS) is 1. The number of nitrogens with zero attached hydrogens (tertiary/aromatic N) is 1. The van der Waals surface area contributed by atoms with Crippen LogP contribution < -0.4 is 5.32 Å². The summed E-state index contributed by atoms with van der Waals surface area (Å²) in [5, 5.41) is 12.5. The molecule has 102 valence electrons. The highest BCUT2D eigenvalue weighted by atomic mass is 16.5. The molecule has 0 spiro atoms. The molecular weight excluding hydrogens is 232 g/mol. The van der Waals surface area contributed by atoms with Crippen LogP contribution in [-0.4, -0.2) is 60.4 Å². The van der Waals surface area contributed by atoms with Crippen molar-refractivity contribution in [2.24, 2.45) is 5.92 Å². The molecule has 4 aliphatic heterocycles. The maximum absolute atomic E-state index is 10.8. The summed E-state index contributed by atoms with van der Waals surface area (Å²) in [7, 11) is 0. The van der Waals surface area contributed by atoms with Crippen molar-refractivity contribution in [3.63, 3.8) is 0 Å². The van der Waals surface area contributed by atoms with Crippen molar-refractivity contribution in [2.75, 3.05) is 26.2 Å². The van der Waals surface area contributed by atoms with Crippen molar-refractivity contribution in [3.8, 4) is 0 Å². The van der Waals surface area contributed by atoms with Gasteiger partial charge in [0.1, 0.15) is 0 Å². The fourth-order valence-electron chi connectivity index (χ4n) is 3.52. The molecule has 4 fully saturated rings. The largest absolute Gasteiger partial charge is 0.479 e. The lowest BCUT2D eigenvalue weighted by Crippen LogP contribution is -2.57. The van der Waals surface area contributed by atoms with E-state index in [4.69, 9.17) is 9.84 Å². The van der Waals surface area contributed by atoms with Gasteiger partial charge < -0.3 is 20.1 Å². The van der Waals surface area contributed by atoms with Gasteiger partial charge in [-0.25, -0.2) is 4.79 Å². The molecule has 0 saturated carbocycles. The zero-order chi connectivity index (χ0) is 12.5. The molecule has 5 nitrogen and oxygen atoms in total. The van der Waals surface area contributed by atoms with E-state index in [1.165, 1.54) is 25.9 Å². The van der Waals surface area contributed by atoms with Crippen LogP contribution in [0.5, 0.6) is 0 Å². The summed E-state index contributed by atoms with van der Waals surface area (Å²) >= 11 is 0. The summed E-state index contributed by atoms with van der Waals surface area (Å²) in [5.41, 5.74) is 0. The molecule has 2 N–H and O–H groups in total. The molecule has 18 heavy (non-hydrogen) atoms. The van der Waals surface area contributed by atoms with Crippen LogP contribution >= 0.6 is 0 Å². The smallest absolute Gasteiger partial charge is 0.332 e. The second kappa shape index (κ2) is 5.15. The molecule has 3 unspecified atom stereocenters. The Balaban J connectivity index is 1.44. The van der Waals surface area contributed by atoms with Crippen LogP contribution in [0.25, 0.3) is 0 Å². The number of hydrogen-bond acceptors (Lipinski definition) is 4. The van der Waals surface area contributed by atoms with E-state index in [1.54, 1.807) is 0 Å². The summed E-state index contributed by atoms with van der Waals surface area (Å²) in [4.78, 5) is 13.3. The van der Waals surface area contributed by atoms with Crippen molar-refractivity contribution in [3.05, 3.63) is 0 Å². The number of carbonyl (C=O) groups is 1. The van der Waals surface area contributed by atoms with Gasteiger partial charge in [-0.15, -0.1) is 0 Å². The average Bonchev–Trinajstić information content (AvgIpc) is 2.87. The van der Waals surface area contributed by atoms with Crippen LogP contribution in [-0.2, 0) is 9.53 Å². The number of piperidine rings is 3. The molecule has 4 heterocycles. The van der Waals surface area contributed by atoms with E-state index in [2.05, 4.69) is 10.2 Å². The lowest BCUT2D eigenvalue weighted by atomic mass is 9.84. The molecule has 0 aliphatic carbocycles. The van der Waals surface area contributed by atoms with Gasteiger partial charge in [0.05, 0.1) is 6.10 Å². The minimum atomic E-state index is -0.819. The van der Waals surface area contributed by atoms with Crippen molar-refractivity contribution in [2.45, 2.75) is 43.9 Å². The Morgan fingerprint density at radius 2 is 2.06 bits per heavy atom. The summed E-state index contributed by atoms with van der Waals surface area (Å²) in [5.74, 6) is -0.00740. The molecule has 0 radical (unpaired) electrons. The van der Waals surface area contributed by atoms with E-state index >= 15 is 0 Å². The van der Waals surface area contributed by atoms with Gasteiger partial charge in [-0.05, 0) is 44.7 Å². The third kappa shape index (κ3) is 2.53. The van der Waals surface area contributed by atoms with Gasteiger partial charge in [0.25, 0.3) is 0 Å². The molecule has 0 aromatic heterocycles. The Bertz CT molecular complexity index is 315. The highest BCUT2D eigenvalue weighted by molar-refractivity contribution is 5.72. The van der Waals surface area contributed by atoms with E-state index in [-0.39, 0.29) is 6.10 Å². The normalized spacial score (nSPS) is 43.2. The number of carboxylic acids is 1. The van der Waals surface area contributed by atoms with Crippen LogP contribution in [0.2, 0.25) is 0 Å². The van der Waals surface area contributed by atoms with Gasteiger partial charge in [-0.1, -0.05) is 0 Å². The topological polar surface area (TPSA) is 61.8 Å². The number of ether oxygens (including phenoxy) is 1. The Morgan fingerprint density at radius 1 is 1.28 bits per heavy atom. The number of fused-ring (bicyclic) bond motifs is 3. The molecule has 4 aliphatic rings. The predicted octanol–water partition coefficient (Wildman–Crippen LogP) is 0.302. The van der Waals surface area contributed by atoms with Crippen LogP contribution in [0.1, 0.15) is 25.7 Å². The number of hydrogen-bond donors (Lipinski definition) is 2. The first-order valence-corrected chi connectivity index (χ1v) is 7.06. The molecule has 0 aromatic carbocycles. The Kier molecular flexibility index (Phi) is 3.54. The zero-order valence-corrected chi connectivity index (χ0v) is 10.7. The monoisotopic (exact) mass is 254 g/mol. The maximum atomic E-state index is 10.8. The van der Waals surface area contributed by atoms with E-state index in [0.29, 0.717) is 12.5 Å². The predicted molar refractivity (Wildman–Crippen MR) is 66.5 cm³/mol. The lowest BCUT2D eigenvalue weighted by molar-refractivity contribution is -0.149. The Labute approximate surface area is 107 Å². The molecule has 3 atom stereocenters. The first kappa shape index (κ1) is 12.4. The first-order valence-electron chi connectivity index (χ1n) is 7.06. The number of nitrogens with one attached hydrogen (secondary N) is 1. The summed E-state index contributed by atoms with van der Waals surface area (Å²) < 4.78 is 5.52. The molecule has 5 heteroatoms. The van der Waals surface area contributed by atoms with Gasteiger partial charge >= 0.3 is 5.97 Å². The maximum Gasteiger partial charge on any atom is 0.332 e. The lowest BCUT2D eigenvalue weighted by Gasteiger charge is -2.45. The quantitative estimate of drug-likeness (QED) is 0.755. The average molecular weight is 254 g/mol. The minimum absolute atomic E-state index is 0.0848. The van der Waals surface area contributed by atoms with Crippen LogP contribution in [0, 0.1) is 5.92 Å². The highest BCUT2D eigenvalue weighted by Crippen LogP contribution is 2.28. The van der Waals surface area contributed by atoms with Crippen LogP contribution in [0.15, 0.2) is 0 Å². The Hall–Kier alpha value is -0.650. The van der Waals surface area contributed by atoms with Crippen molar-refractivity contribution in [1.29, 1.82) is 0 Å². The van der Waals surface area contributed by atoms with Crippen molar-refractivity contribution in [1.82, 2.24) is 10.2 Å². The molecule has 4 saturated heterocycles. The summed E-state index contributed by atoms with van der Waals surface area (Å²) in [6.45, 7) is 4.46. The fraction of sp³-hybridized carbons (Fsp3) is 0.923. The van der Waals surface area contributed by atoms with Gasteiger partial charge in [-0.2, -0.15) is 0 Å². The van der Waals surface area contributed by atoms with Crippen molar-refractivity contribution < 1.29 is 14.6 Å². The molecule has 4 rings (SSSR count). The summed E-state index contributed by atoms with van der Waals surface area (Å²) in [6.07, 6.45) is 3.64. The standard InChI is InChI=1S/C13H22N2O3/c16-13(17)12-2-1-10(18-12)7-14-11-8-15-5-3-9(11)4-6-15/h9-12,14H,1-8H2,(H,16,17). The zero-order valence-electron chi connectivity index (χ0n) is 10.7. The van der Waals surface area contributed by atoms with Gasteiger partial charge in [0.15, 0.2) is 6.10 Å². The number of rotatable bonds is 4. The van der Waals surface area contributed by atoms with Crippen molar-refractivity contribution >= 4 is 5.97 Å².